The van der Waals surface area contributed by atoms with Crippen molar-refractivity contribution in [2.75, 3.05) is 11.9 Å². The highest BCUT2D eigenvalue weighted by molar-refractivity contribution is 5.74. The Morgan fingerprint density at radius 3 is 2.44 bits per heavy atom. The van der Waals surface area contributed by atoms with Gasteiger partial charge in [0.1, 0.15) is 5.82 Å². The zero-order valence-electron chi connectivity index (χ0n) is 17.8. The van der Waals surface area contributed by atoms with Crippen LogP contribution in [-0.2, 0) is 13.5 Å². The van der Waals surface area contributed by atoms with Crippen molar-refractivity contribution in [3.63, 3.8) is 0 Å². The summed E-state index contributed by atoms with van der Waals surface area (Å²) in [6.45, 7) is 0.504. The second-order valence-electron chi connectivity index (χ2n) is 7.81. The quantitative estimate of drug-likeness (QED) is 0.416. The monoisotopic (exact) mass is 424 g/mol. The highest BCUT2D eigenvalue weighted by atomic mass is 15.2. The number of hydrogen-bond donors (Lipinski definition) is 2. The molecule has 1 atom stereocenters. The molecule has 1 aromatic carbocycles. The normalized spacial score (nSPS) is 12.2. The van der Waals surface area contributed by atoms with Crippen LogP contribution >= 0.6 is 0 Å². The zero-order valence-corrected chi connectivity index (χ0v) is 17.8. The van der Waals surface area contributed by atoms with Gasteiger partial charge in [0.25, 0.3) is 0 Å². The lowest BCUT2D eigenvalue weighted by Gasteiger charge is -2.12. The lowest BCUT2D eigenvalue weighted by Crippen LogP contribution is -2.22. The molecule has 160 valence electrons. The van der Waals surface area contributed by atoms with E-state index in [-0.39, 0.29) is 6.04 Å². The molecule has 0 saturated carbocycles. The first-order chi connectivity index (χ1) is 15.7. The van der Waals surface area contributed by atoms with Gasteiger partial charge >= 0.3 is 0 Å². The predicted octanol–water partition coefficient (Wildman–Crippen LogP) is 3.23. The van der Waals surface area contributed by atoms with Crippen LogP contribution in [0.1, 0.15) is 23.0 Å². The molecule has 8 heteroatoms. The molecule has 0 aliphatic heterocycles. The largest absolute Gasteiger partial charge is 0.380 e. The number of nitrogens with two attached hydrogens (primary N) is 1. The summed E-state index contributed by atoms with van der Waals surface area (Å²) in [6, 6.07) is 14.0. The van der Waals surface area contributed by atoms with E-state index in [1.807, 2.05) is 66.8 Å². The van der Waals surface area contributed by atoms with Crippen molar-refractivity contribution in [1.29, 1.82) is 0 Å². The van der Waals surface area contributed by atoms with E-state index in [2.05, 4.69) is 43.7 Å². The summed E-state index contributed by atoms with van der Waals surface area (Å²) in [4.78, 5) is 8.96. The molecular formula is C24H24N8. The van der Waals surface area contributed by atoms with E-state index in [1.165, 1.54) is 5.56 Å². The molecule has 0 amide bonds. The van der Waals surface area contributed by atoms with E-state index in [9.17, 15) is 0 Å². The Morgan fingerprint density at radius 1 is 0.875 bits per heavy atom. The molecule has 0 aliphatic carbocycles. The van der Waals surface area contributed by atoms with Gasteiger partial charge in [-0.05, 0) is 17.2 Å². The second kappa shape index (κ2) is 8.60. The third-order valence-electron chi connectivity index (χ3n) is 5.37. The van der Waals surface area contributed by atoms with Crippen LogP contribution in [0.5, 0.6) is 0 Å². The molecule has 8 nitrogen and oxygen atoms in total. The maximum atomic E-state index is 6.34. The van der Waals surface area contributed by atoms with Crippen LogP contribution in [0.3, 0.4) is 0 Å². The van der Waals surface area contributed by atoms with Gasteiger partial charge in [-0.1, -0.05) is 36.4 Å². The van der Waals surface area contributed by atoms with Crippen molar-refractivity contribution in [3.8, 4) is 11.1 Å². The van der Waals surface area contributed by atoms with E-state index in [4.69, 9.17) is 5.73 Å². The van der Waals surface area contributed by atoms with Crippen LogP contribution in [0.4, 0.5) is 5.69 Å². The summed E-state index contributed by atoms with van der Waals surface area (Å²) in [5.74, 6) is 0.615. The molecule has 0 radical (unpaired) electrons. The van der Waals surface area contributed by atoms with Crippen LogP contribution in [0, 0.1) is 0 Å². The van der Waals surface area contributed by atoms with E-state index < -0.39 is 0 Å². The molecule has 1 unspecified atom stereocenters. The van der Waals surface area contributed by atoms with E-state index in [0.29, 0.717) is 12.4 Å². The molecular weight excluding hydrogens is 400 g/mol. The summed E-state index contributed by atoms with van der Waals surface area (Å²) in [5, 5.41) is 12.1. The van der Waals surface area contributed by atoms with Crippen LogP contribution < -0.4 is 11.1 Å². The third kappa shape index (κ3) is 4.21. The molecule has 0 fully saturated rings. The minimum atomic E-state index is -0.328. The van der Waals surface area contributed by atoms with Crippen LogP contribution in [0.15, 0.2) is 79.6 Å². The Balaban J connectivity index is 1.24. The van der Waals surface area contributed by atoms with Crippen molar-refractivity contribution in [1.82, 2.24) is 29.4 Å². The van der Waals surface area contributed by atoms with E-state index >= 15 is 0 Å². The Hall–Kier alpha value is -4.04. The lowest BCUT2D eigenvalue weighted by atomic mass is 10.1. The van der Waals surface area contributed by atoms with Gasteiger partial charge < -0.3 is 11.1 Å². The number of benzene rings is 1. The molecule has 0 bridgehead atoms. The predicted molar refractivity (Wildman–Crippen MR) is 124 cm³/mol. The summed E-state index contributed by atoms with van der Waals surface area (Å²) >= 11 is 0. The summed E-state index contributed by atoms with van der Waals surface area (Å²) in [6.07, 6.45) is 12.1. The van der Waals surface area contributed by atoms with Gasteiger partial charge in [-0.15, -0.1) is 0 Å². The van der Waals surface area contributed by atoms with Crippen molar-refractivity contribution in [3.05, 3.63) is 96.6 Å². The maximum absolute atomic E-state index is 6.34. The average Bonchev–Trinajstić information content (AvgIpc) is 3.44. The topological polar surface area (TPSA) is 99.0 Å². The van der Waals surface area contributed by atoms with Crippen molar-refractivity contribution in [2.24, 2.45) is 12.8 Å². The number of aromatic nitrogens is 6. The number of anilines is 1. The first-order valence-corrected chi connectivity index (χ1v) is 10.5. The minimum absolute atomic E-state index is 0.328. The van der Waals surface area contributed by atoms with Gasteiger partial charge in [0.05, 0.1) is 29.6 Å². The number of rotatable bonds is 7. The lowest BCUT2D eigenvalue weighted by molar-refractivity contribution is 0.699. The van der Waals surface area contributed by atoms with Crippen molar-refractivity contribution < 1.29 is 0 Å². The molecule has 0 aliphatic rings. The van der Waals surface area contributed by atoms with E-state index in [0.717, 1.165) is 34.3 Å². The van der Waals surface area contributed by atoms with E-state index in [1.54, 1.807) is 10.9 Å². The smallest absolute Gasteiger partial charge is 0.146 e. The Kier molecular flexibility index (Phi) is 5.35. The highest BCUT2D eigenvalue weighted by Crippen LogP contribution is 2.23. The Bertz CT molecular complexity index is 1320. The first-order valence-electron chi connectivity index (χ1n) is 10.5. The van der Waals surface area contributed by atoms with Gasteiger partial charge in [-0.3, -0.25) is 4.68 Å². The van der Waals surface area contributed by atoms with Crippen molar-refractivity contribution >= 4 is 11.2 Å². The Labute approximate surface area is 185 Å². The molecule has 5 aromatic rings. The zero-order chi connectivity index (χ0) is 21.9. The number of aryl methyl sites for hydroxylation is 1. The van der Waals surface area contributed by atoms with Crippen molar-refractivity contribution in [2.45, 2.75) is 12.5 Å². The third-order valence-corrected chi connectivity index (χ3v) is 5.37. The van der Waals surface area contributed by atoms with Crippen LogP contribution in [-0.4, -0.2) is 35.9 Å². The number of nitrogens with one attached hydrogen (secondary N) is 1. The standard InChI is InChI=1S/C24H24N8/c1-31-15-20(12-29-31)19-7-8-23-22(14-30-32(23)16-19)26-13-21(25)24-27-10-18(11-28-24)9-17-5-3-2-4-6-17/h2-8,10-12,14-16,21,26H,9,13,25H2,1H3. The van der Waals surface area contributed by atoms with Gasteiger partial charge in [-0.2, -0.15) is 10.2 Å². The molecule has 4 aromatic heterocycles. The summed E-state index contributed by atoms with van der Waals surface area (Å²) in [7, 11) is 1.90. The van der Waals surface area contributed by atoms with Crippen LogP contribution in [0.25, 0.3) is 16.6 Å². The number of pyridine rings is 1. The number of hydrogen-bond acceptors (Lipinski definition) is 6. The fourth-order valence-corrected chi connectivity index (χ4v) is 3.65. The van der Waals surface area contributed by atoms with Gasteiger partial charge in [0.15, 0.2) is 0 Å². The maximum Gasteiger partial charge on any atom is 0.146 e. The van der Waals surface area contributed by atoms with Gasteiger partial charge in [0, 0.05) is 55.9 Å². The SMILES string of the molecule is Cn1cc(-c2ccc3c(NCC(N)c4ncc(Cc5ccccc5)cn4)cnn3c2)cn1. The Morgan fingerprint density at radius 2 is 1.69 bits per heavy atom. The average molecular weight is 425 g/mol. The fraction of sp³-hybridized carbons (Fsp3) is 0.167. The summed E-state index contributed by atoms with van der Waals surface area (Å²) in [5.41, 5.74) is 12.6. The molecule has 0 saturated heterocycles. The van der Waals surface area contributed by atoms with Crippen LogP contribution in [0.2, 0.25) is 0 Å². The van der Waals surface area contributed by atoms with Gasteiger partial charge in [0.2, 0.25) is 0 Å². The first kappa shape index (κ1) is 19.9. The number of nitrogens with zero attached hydrogens (tertiary/aromatic N) is 6. The molecule has 5 rings (SSSR count). The minimum Gasteiger partial charge on any atom is -0.380 e. The number of fused-ring (bicyclic) bond motifs is 1. The molecule has 4 heterocycles. The highest BCUT2D eigenvalue weighted by Gasteiger charge is 2.12. The van der Waals surface area contributed by atoms with Gasteiger partial charge in [-0.25, -0.2) is 14.5 Å². The molecule has 32 heavy (non-hydrogen) atoms. The molecule has 3 N–H and O–H groups in total. The second-order valence-corrected chi connectivity index (χ2v) is 7.81. The molecule has 0 spiro atoms. The fourth-order valence-electron chi connectivity index (χ4n) is 3.65. The summed E-state index contributed by atoms with van der Waals surface area (Å²) < 4.78 is 3.64.